The van der Waals surface area contributed by atoms with Crippen molar-refractivity contribution < 1.29 is 18.7 Å². The maximum atomic E-state index is 15.0. The van der Waals surface area contributed by atoms with Crippen molar-refractivity contribution in [3.05, 3.63) is 70.7 Å². The average molecular weight is 472 g/mol. The SMILES string of the molecule is CC(=O)[C@@H](OC(C)(C)C)c1c(C)cc2cc(C)c(F)cc2c1-c1ccc2c3c(ccnc13)CCO2. The van der Waals surface area contributed by atoms with Crippen molar-refractivity contribution in [2.45, 2.75) is 59.7 Å². The van der Waals surface area contributed by atoms with Gasteiger partial charge in [-0.25, -0.2) is 4.39 Å². The van der Waals surface area contributed by atoms with Gasteiger partial charge in [-0.1, -0.05) is 6.07 Å². The Morgan fingerprint density at radius 1 is 1.11 bits per heavy atom. The maximum Gasteiger partial charge on any atom is 0.163 e. The molecule has 35 heavy (non-hydrogen) atoms. The van der Waals surface area contributed by atoms with Crippen LogP contribution in [0, 0.1) is 19.7 Å². The second kappa shape index (κ2) is 8.42. The van der Waals surface area contributed by atoms with Gasteiger partial charge in [0.2, 0.25) is 0 Å². The third-order valence-corrected chi connectivity index (χ3v) is 6.61. The number of hydrogen-bond acceptors (Lipinski definition) is 4. The van der Waals surface area contributed by atoms with Crippen LogP contribution in [0.4, 0.5) is 4.39 Å². The molecule has 4 aromatic rings. The highest BCUT2D eigenvalue weighted by Gasteiger charge is 2.31. The minimum Gasteiger partial charge on any atom is -0.493 e. The monoisotopic (exact) mass is 471 g/mol. The molecule has 1 aliphatic heterocycles. The van der Waals surface area contributed by atoms with Crippen LogP contribution < -0.4 is 4.74 Å². The van der Waals surface area contributed by atoms with Crippen molar-refractivity contribution in [2.75, 3.05) is 6.61 Å². The zero-order valence-electron chi connectivity index (χ0n) is 21.1. The lowest BCUT2D eigenvalue weighted by Crippen LogP contribution is -2.27. The highest BCUT2D eigenvalue weighted by atomic mass is 19.1. The quantitative estimate of drug-likeness (QED) is 0.316. The Kier molecular flexibility index (Phi) is 5.64. The van der Waals surface area contributed by atoms with E-state index >= 15 is 0 Å². The summed E-state index contributed by atoms with van der Waals surface area (Å²) < 4.78 is 27.2. The van der Waals surface area contributed by atoms with E-state index in [1.54, 1.807) is 19.9 Å². The van der Waals surface area contributed by atoms with Crippen LogP contribution in [0.25, 0.3) is 32.8 Å². The van der Waals surface area contributed by atoms with Crippen molar-refractivity contribution in [1.29, 1.82) is 0 Å². The number of ether oxygens (including phenoxy) is 2. The van der Waals surface area contributed by atoms with Crippen molar-refractivity contribution in [3.63, 3.8) is 0 Å². The van der Waals surface area contributed by atoms with Gasteiger partial charge in [-0.3, -0.25) is 9.78 Å². The standard InChI is InChI=1S/C30H30FNO3/c1-16-13-20-14-17(2)25(29(18(3)33)35-30(4,5)6)27(22(20)15-23(16)31)21-7-8-24-26-19(10-12-34-24)9-11-32-28(21)26/h7-9,11,13-15,29H,10,12H2,1-6H3/t29-/m1/s1. The smallest absolute Gasteiger partial charge is 0.163 e. The molecule has 0 saturated carbocycles. The third kappa shape index (κ3) is 4.08. The van der Waals surface area contributed by atoms with E-state index in [0.29, 0.717) is 12.2 Å². The number of pyridine rings is 1. The number of nitrogens with zero attached hydrogens (tertiary/aromatic N) is 1. The molecule has 180 valence electrons. The van der Waals surface area contributed by atoms with Crippen molar-refractivity contribution in [3.8, 4) is 16.9 Å². The van der Waals surface area contributed by atoms with Crippen LogP contribution in [0.2, 0.25) is 0 Å². The number of benzene rings is 3. The van der Waals surface area contributed by atoms with Crippen LogP contribution in [-0.4, -0.2) is 23.0 Å². The third-order valence-electron chi connectivity index (χ3n) is 6.61. The van der Waals surface area contributed by atoms with Gasteiger partial charge in [0.25, 0.3) is 0 Å². The molecule has 0 aliphatic carbocycles. The zero-order chi connectivity index (χ0) is 25.1. The number of carbonyl (C=O) groups is 1. The van der Waals surface area contributed by atoms with E-state index in [2.05, 4.69) is 0 Å². The first-order valence-corrected chi connectivity index (χ1v) is 12.0. The lowest BCUT2D eigenvalue weighted by atomic mass is 9.84. The van der Waals surface area contributed by atoms with Crippen molar-refractivity contribution >= 4 is 27.5 Å². The van der Waals surface area contributed by atoms with Crippen LogP contribution in [0.15, 0.2) is 42.6 Å². The summed E-state index contributed by atoms with van der Waals surface area (Å²) in [6, 6.07) is 11.4. The number of carbonyl (C=O) groups excluding carboxylic acids is 1. The van der Waals surface area contributed by atoms with Crippen molar-refractivity contribution in [2.24, 2.45) is 0 Å². The summed E-state index contributed by atoms with van der Waals surface area (Å²) in [4.78, 5) is 17.8. The van der Waals surface area contributed by atoms with Gasteiger partial charge < -0.3 is 9.47 Å². The number of Topliss-reactive ketones (excluding diaryl/α,β-unsaturated/α-hetero) is 1. The summed E-state index contributed by atoms with van der Waals surface area (Å²) in [6.07, 6.45) is 1.81. The lowest BCUT2D eigenvalue weighted by molar-refractivity contribution is -0.138. The Morgan fingerprint density at radius 3 is 2.57 bits per heavy atom. The van der Waals surface area contributed by atoms with E-state index in [-0.39, 0.29) is 11.6 Å². The normalized spacial score (nSPS) is 14.3. The van der Waals surface area contributed by atoms with E-state index in [4.69, 9.17) is 14.5 Å². The predicted octanol–water partition coefficient (Wildman–Crippen LogP) is 7.19. The summed E-state index contributed by atoms with van der Waals surface area (Å²) in [5.74, 6) is 0.409. The van der Waals surface area contributed by atoms with Gasteiger partial charge >= 0.3 is 0 Å². The topological polar surface area (TPSA) is 48.4 Å². The van der Waals surface area contributed by atoms with Gasteiger partial charge in [-0.15, -0.1) is 0 Å². The molecule has 5 rings (SSSR count). The number of aryl methyl sites for hydroxylation is 2. The molecule has 1 aromatic heterocycles. The van der Waals surface area contributed by atoms with E-state index in [0.717, 1.165) is 56.1 Å². The summed E-state index contributed by atoms with van der Waals surface area (Å²) in [5.41, 5.74) is 5.27. The Balaban J connectivity index is 1.94. The molecule has 3 aromatic carbocycles. The first-order chi connectivity index (χ1) is 16.5. The molecule has 0 fully saturated rings. The average Bonchev–Trinajstić information content (AvgIpc) is 2.78. The van der Waals surface area contributed by atoms with Gasteiger partial charge in [0.05, 0.1) is 17.7 Å². The molecule has 2 heterocycles. The second-order valence-electron chi connectivity index (χ2n) is 10.4. The molecule has 0 radical (unpaired) electrons. The Bertz CT molecular complexity index is 1490. The fourth-order valence-electron chi connectivity index (χ4n) is 5.12. The number of rotatable bonds is 4. The highest BCUT2D eigenvalue weighted by Crippen LogP contribution is 2.45. The molecule has 5 heteroatoms. The number of ketones is 1. The number of fused-ring (bicyclic) bond motifs is 1. The Labute approximate surface area is 205 Å². The summed E-state index contributed by atoms with van der Waals surface area (Å²) in [7, 11) is 0. The minimum atomic E-state index is -0.805. The zero-order valence-corrected chi connectivity index (χ0v) is 21.1. The minimum absolute atomic E-state index is 0.102. The fourth-order valence-corrected chi connectivity index (χ4v) is 5.12. The summed E-state index contributed by atoms with van der Waals surface area (Å²) >= 11 is 0. The second-order valence-corrected chi connectivity index (χ2v) is 10.4. The molecule has 1 aliphatic rings. The fraction of sp³-hybridized carbons (Fsp3) is 0.333. The molecular formula is C30H30FNO3. The number of aromatic nitrogens is 1. The molecule has 1 atom stereocenters. The Hall–Kier alpha value is -3.31. The first kappa shape index (κ1) is 23.4. The summed E-state index contributed by atoms with van der Waals surface area (Å²) in [5, 5.41) is 2.62. The van der Waals surface area contributed by atoms with E-state index < -0.39 is 11.7 Å². The molecule has 0 bridgehead atoms. The molecule has 0 spiro atoms. The van der Waals surface area contributed by atoms with Gasteiger partial charge in [0.1, 0.15) is 17.7 Å². The largest absolute Gasteiger partial charge is 0.493 e. The van der Waals surface area contributed by atoms with Gasteiger partial charge in [0, 0.05) is 23.6 Å². The molecule has 0 unspecified atom stereocenters. The van der Waals surface area contributed by atoms with Crippen LogP contribution in [0.5, 0.6) is 5.75 Å². The van der Waals surface area contributed by atoms with Crippen LogP contribution in [-0.2, 0) is 16.0 Å². The predicted molar refractivity (Wildman–Crippen MR) is 138 cm³/mol. The number of hydrogen-bond donors (Lipinski definition) is 0. The van der Waals surface area contributed by atoms with Gasteiger partial charge in [-0.2, -0.15) is 0 Å². The first-order valence-electron chi connectivity index (χ1n) is 12.0. The Morgan fingerprint density at radius 2 is 1.86 bits per heavy atom. The van der Waals surface area contributed by atoms with E-state index in [9.17, 15) is 9.18 Å². The van der Waals surface area contributed by atoms with Crippen LogP contribution >= 0.6 is 0 Å². The highest BCUT2D eigenvalue weighted by molar-refractivity contribution is 6.09. The molecule has 0 saturated heterocycles. The molecule has 0 amide bonds. The molecule has 4 nitrogen and oxygen atoms in total. The van der Waals surface area contributed by atoms with Crippen molar-refractivity contribution in [1.82, 2.24) is 4.98 Å². The van der Waals surface area contributed by atoms with E-state index in [1.807, 2.05) is 64.2 Å². The van der Waals surface area contributed by atoms with Gasteiger partial charge in [0.15, 0.2) is 5.78 Å². The van der Waals surface area contributed by atoms with Crippen LogP contribution in [0.1, 0.15) is 56.1 Å². The lowest BCUT2D eigenvalue weighted by Gasteiger charge is -2.30. The van der Waals surface area contributed by atoms with E-state index in [1.165, 1.54) is 5.56 Å². The molecule has 0 N–H and O–H groups in total. The van der Waals surface area contributed by atoms with Crippen LogP contribution in [0.3, 0.4) is 0 Å². The molecular weight excluding hydrogens is 441 g/mol. The maximum absolute atomic E-state index is 15.0. The summed E-state index contributed by atoms with van der Waals surface area (Å²) in [6.45, 7) is 11.7. The number of halogens is 1. The van der Waals surface area contributed by atoms with Gasteiger partial charge in [-0.05, 0) is 110 Å².